The van der Waals surface area contributed by atoms with Crippen LogP contribution in [-0.4, -0.2) is 31.4 Å². The first-order valence-electron chi connectivity index (χ1n) is 7.22. The molecule has 0 N–H and O–H groups in total. The molecule has 134 valence electrons. The Kier molecular flexibility index (Phi) is 19.8. The highest BCUT2D eigenvalue weighted by atomic mass is 127. The molecule has 0 bridgehead atoms. The van der Waals surface area contributed by atoms with Gasteiger partial charge in [0.1, 0.15) is 0 Å². The molecule has 8 unspecified atom stereocenters. The van der Waals surface area contributed by atoms with E-state index in [1.165, 1.54) is 25.7 Å². The quantitative estimate of drug-likeness (QED) is 0.110. The van der Waals surface area contributed by atoms with Crippen molar-refractivity contribution in [3.8, 4) is 0 Å². The Morgan fingerprint density at radius 3 is 1.23 bits per heavy atom. The van der Waals surface area contributed by atoms with E-state index in [-0.39, 0.29) is 0 Å². The molecule has 0 heterocycles. The van der Waals surface area contributed by atoms with Crippen LogP contribution in [0, 0.1) is 0 Å². The van der Waals surface area contributed by atoms with E-state index in [4.69, 9.17) is 0 Å². The Morgan fingerprint density at radius 2 is 0.864 bits per heavy atom. The minimum Gasteiger partial charge on any atom is -0.0817 e. The van der Waals surface area contributed by atoms with Gasteiger partial charge in [0, 0.05) is 31.4 Å². The maximum absolute atomic E-state index is 2.70. The number of alkyl halides is 8. The predicted molar refractivity (Wildman–Crippen MR) is 172 cm³/mol. The summed E-state index contributed by atoms with van der Waals surface area (Å²) >= 11 is 21.2. The number of rotatable bonds is 11. The lowest BCUT2D eigenvalue weighted by Gasteiger charge is -2.27. The van der Waals surface area contributed by atoms with Crippen molar-refractivity contribution in [3.63, 3.8) is 0 Å². The largest absolute Gasteiger partial charge is 0.0817 e. The second-order valence-electron chi connectivity index (χ2n) is 5.45. The third kappa shape index (κ3) is 11.7. The molecule has 0 spiro atoms. The SMILES string of the molecule is CC(I)C(I)C(I)CCCCC(I)C(I)C(I)C(I)C(C)I. The minimum atomic E-state index is 0.747. The van der Waals surface area contributed by atoms with Crippen molar-refractivity contribution in [2.75, 3.05) is 0 Å². The van der Waals surface area contributed by atoms with E-state index in [1.807, 2.05) is 0 Å². The summed E-state index contributed by atoms with van der Waals surface area (Å²) in [5, 5.41) is 0. The van der Waals surface area contributed by atoms with Crippen LogP contribution in [0.2, 0.25) is 0 Å². The van der Waals surface area contributed by atoms with Crippen molar-refractivity contribution in [1.29, 1.82) is 0 Å². The molecular formula is C14H22I8. The Hall–Kier alpha value is 5.84. The fourth-order valence-electron chi connectivity index (χ4n) is 1.91. The van der Waals surface area contributed by atoms with E-state index in [0.717, 1.165) is 31.4 Å². The van der Waals surface area contributed by atoms with Gasteiger partial charge in [0.25, 0.3) is 0 Å². The summed E-state index contributed by atoms with van der Waals surface area (Å²) in [5.41, 5.74) is 0. The van der Waals surface area contributed by atoms with Gasteiger partial charge in [-0.2, -0.15) is 0 Å². The second kappa shape index (κ2) is 15.6. The molecule has 0 aliphatic heterocycles. The highest BCUT2D eigenvalue weighted by molar-refractivity contribution is 14.1. The molecule has 0 amide bonds. The van der Waals surface area contributed by atoms with Gasteiger partial charge in [-0.25, -0.2) is 0 Å². The van der Waals surface area contributed by atoms with E-state index >= 15 is 0 Å². The molecule has 22 heavy (non-hydrogen) atoms. The molecule has 0 aromatic carbocycles. The molecule has 8 heteroatoms. The fourth-order valence-corrected chi connectivity index (χ4v) is 10.7. The summed E-state index contributed by atoms with van der Waals surface area (Å²) in [5.74, 6) is 0. The monoisotopic (exact) mass is 1210 g/mol. The molecular weight excluding hydrogens is 1180 g/mol. The summed E-state index contributed by atoms with van der Waals surface area (Å²) in [7, 11) is 0. The average molecular weight is 1210 g/mol. The number of halogens is 8. The predicted octanol–water partition coefficient (Wildman–Crippen LogP) is 9.02. The Balaban J connectivity index is 4.06. The zero-order chi connectivity index (χ0) is 17.4. The second-order valence-corrected chi connectivity index (χ2v) is 18.3. The highest BCUT2D eigenvalue weighted by Crippen LogP contribution is 2.35. The third-order valence-corrected chi connectivity index (χ3v) is 23.0. The van der Waals surface area contributed by atoms with Crippen molar-refractivity contribution in [1.82, 2.24) is 0 Å². The highest BCUT2D eigenvalue weighted by Gasteiger charge is 2.30. The third-order valence-electron chi connectivity index (χ3n) is 3.39. The summed E-state index contributed by atoms with van der Waals surface area (Å²) in [6.07, 6.45) is 5.54. The first-order valence-corrected chi connectivity index (χ1v) is 17.2. The normalized spacial score (nSPS) is 23.2. The zero-order valence-electron chi connectivity index (χ0n) is 12.5. The van der Waals surface area contributed by atoms with Crippen LogP contribution < -0.4 is 0 Å². The van der Waals surface area contributed by atoms with Crippen molar-refractivity contribution in [3.05, 3.63) is 0 Å². The standard InChI is InChI=1S/C14H22I8/c1-7(15)11(19)9(17)5-3-4-6-10(18)13(21)14(22)12(20)8(2)16/h7-14H,3-6H2,1-2H3. The molecule has 0 aromatic rings. The maximum atomic E-state index is 2.70. The molecule has 0 aliphatic rings. The van der Waals surface area contributed by atoms with Crippen LogP contribution in [0.1, 0.15) is 39.5 Å². The van der Waals surface area contributed by atoms with Crippen LogP contribution in [0.3, 0.4) is 0 Å². The first-order chi connectivity index (χ1) is 10.1. The molecule has 0 radical (unpaired) electrons. The van der Waals surface area contributed by atoms with Gasteiger partial charge in [-0.05, 0) is 12.8 Å². The van der Waals surface area contributed by atoms with Crippen LogP contribution in [0.4, 0.5) is 0 Å². The Morgan fingerprint density at radius 1 is 0.500 bits per heavy atom. The molecule has 0 aromatic heterocycles. The van der Waals surface area contributed by atoms with E-state index in [9.17, 15) is 0 Å². The van der Waals surface area contributed by atoms with Crippen LogP contribution in [0.25, 0.3) is 0 Å². The Labute approximate surface area is 246 Å². The summed E-state index contributed by atoms with van der Waals surface area (Å²) in [6.45, 7) is 4.67. The lowest BCUT2D eigenvalue weighted by molar-refractivity contribution is 0.612. The Bertz CT molecular complexity index is 286. The molecule has 0 saturated heterocycles. The molecule has 0 fully saturated rings. The molecule has 0 rings (SSSR count). The molecule has 0 aliphatic carbocycles. The van der Waals surface area contributed by atoms with Gasteiger partial charge in [-0.1, -0.05) is 207 Å². The van der Waals surface area contributed by atoms with E-state index in [0.29, 0.717) is 0 Å². The smallest absolute Gasteiger partial charge is 0.0365 e. The van der Waals surface area contributed by atoms with Crippen LogP contribution >= 0.6 is 181 Å². The summed E-state index contributed by atoms with van der Waals surface area (Å²) < 4.78 is 6.26. The van der Waals surface area contributed by atoms with Crippen LogP contribution in [0.15, 0.2) is 0 Å². The van der Waals surface area contributed by atoms with Crippen molar-refractivity contribution in [2.45, 2.75) is 70.9 Å². The summed E-state index contributed by atoms with van der Waals surface area (Å²) in [6, 6.07) is 0. The van der Waals surface area contributed by atoms with Gasteiger partial charge in [0.05, 0.1) is 0 Å². The lowest BCUT2D eigenvalue weighted by Crippen LogP contribution is -2.34. The van der Waals surface area contributed by atoms with Gasteiger partial charge in [-0.15, -0.1) is 0 Å². The number of hydrogen-bond acceptors (Lipinski definition) is 0. The van der Waals surface area contributed by atoms with Gasteiger partial charge in [0.2, 0.25) is 0 Å². The maximum Gasteiger partial charge on any atom is 0.0365 e. The van der Waals surface area contributed by atoms with Crippen molar-refractivity contribution in [2.24, 2.45) is 0 Å². The number of hydrogen-bond donors (Lipinski definition) is 0. The van der Waals surface area contributed by atoms with Gasteiger partial charge in [-0.3, -0.25) is 0 Å². The number of unbranched alkanes of at least 4 members (excludes halogenated alkanes) is 1. The summed E-state index contributed by atoms with van der Waals surface area (Å²) in [4.78, 5) is 0. The molecule has 0 saturated carbocycles. The topological polar surface area (TPSA) is 0 Å². The van der Waals surface area contributed by atoms with Crippen molar-refractivity contribution < 1.29 is 0 Å². The van der Waals surface area contributed by atoms with E-state index in [1.54, 1.807) is 0 Å². The molecule has 0 nitrogen and oxygen atoms in total. The zero-order valence-corrected chi connectivity index (χ0v) is 29.7. The van der Waals surface area contributed by atoms with Crippen LogP contribution in [0.5, 0.6) is 0 Å². The fraction of sp³-hybridized carbons (Fsp3) is 1.00. The van der Waals surface area contributed by atoms with Gasteiger partial charge < -0.3 is 0 Å². The van der Waals surface area contributed by atoms with E-state index in [2.05, 4.69) is 195 Å². The van der Waals surface area contributed by atoms with Crippen LogP contribution in [-0.2, 0) is 0 Å². The average Bonchev–Trinajstić information content (AvgIpc) is 2.47. The van der Waals surface area contributed by atoms with E-state index < -0.39 is 0 Å². The van der Waals surface area contributed by atoms with Crippen molar-refractivity contribution >= 4 is 181 Å². The molecule has 8 atom stereocenters. The lowest BCUT2D eigenvalue weighted by atomic mass is 10.1. The minimum absolute atomic E-state index is 0.747. The first kappa shape index (κ1) is 27.8. The van der Waals surface area contributed by atoms with Gasteiger partial charge in [0.15, 0.2) is 0 Å². The van der Waals surface area contributed by atoms with Gasteiger partial charge >= 0.3 is 0 Å².